The Kier molecular flexibility index (Phi) is 3.91. The predicted octanol–water partition coefficient (Wildman–Crippen LogP) is 3.33. The fourth-order valence-corrected chi connectivity index (χ4v) is 3.08. The summed E-state index contributed by atoms with van der Waals surface area (Å²) in [5, 5.41) is 11.2. The molecule has 1 aliphatic heterocycles. The van der Waals surface area contributed by atoms with Crippen LogP contribution in [0.2, 0.25) is 5.02 Å². The molecule has 0 bridgehead atoms. The first-order valence-corrected chi connectivity index (χ1v) is 7.58. The number of imidazole rings is 1. The lowest BCUT2D eigenvalue weighted by atomic mass is 10.0. The van der Waals surface area contributed by atoms with Crippen molar-refractivity contribution in [3.8, 4) is 5.75 Å². The second-order valence-corrected chi connectivity index (χ2v) is 6.13. The summed E-state index contributed by atoms with van der Waals surface area (Å²) < 4.78 is 7.67. The summed E-state index contributed by atoms with van der Waals surface area (Å²) in [5.41, 5.74) is 2.90. The highest BCUT2D eigenvalue weighted by molar-refractivity contribution is 6.30. The van der Waals surface area contributed by atoms with E-state index in [0.29, 0.717) is 18.1 Å². The Morgan fingerprint density at radius 3 is 3.00 bits per heavy atom. The first kappa shape index (κ1) is 14.4. The largest absolute Gasteiger partial charge is 0.493 e. The van der Waals surface area contributed by atoms with Crippen molar-refractivity contribution in [2.75, 3.05) is 6.61 Å². The van der Waals surface area contributed by atoms with E-state index >= 15 is 0 Å². The van der Waals surface area contributed by atoms with Gasteiger partial charge in [0.15, 0.2) is 0 Å². The molecule has 112 valence electrons. The van der Waals surface area contributed by atoms with Crippen LogP contribution in [-0.4, -0.2) is 21.3 Å². The minimum absolute atomic E-state index is 0.262. The molecule has 1 N–H and O–H groups in total. The molecule has 1 aromatic carbocycles. The molecule has 1 aromatic heterocycles. The zero-order valence-electron chi connectivity index (χ0n) is 12.2. The zero-order valence-corrected chi connectivity index (χ0v) is 13.0. The molecule has 0 fully saturated rings. The maximum Gasteiger partial charge on any atom is 0.126 e. The van der Waals surface area contributed by atoms with E-state index in [1.807, 2.05) is 16.7 Å². The van der Waals surface area contributed by atoms with E-state index in [9.17, 15) is 5.11 Å². The van der Waals surface area contributed by atoms with Gasteiger partial charge in [0.1, 0.15) is 5.75 Å². The van der Waals surface area contributed by atoms with Crippen LogP contribution in [0.5, 0.6) is 5.75 Å². The van der Waals surface area contributed by atoms with Crippen molar-refractivity contribution in [3.05, 3.63) is 46.5 Å². The fourth-order valence-electron chi connectivity index (χ4n) is 2.81. The summed E-state index contributed by atoms with van der Waals surface area (Å²) in [7, 11) is 0. The number of rotatable bonds is 4. The first-order chi connectivity index (χ1) is 10.1. The summed E-state index contributed by atoms with van der Waals surface area (Å²) >= 11 is 6.16. The maximum absolute atomic E-state index is 10.6. The van der Waals surface area contributed by atoms with Crippen molar-refractivity contribution in [2.45, 2.75) is 38.8 Å². The van der Waals surface area contributed by atoms with E-state index in [4.69, 9.17) is 16.3 Å². The van der Waals surface area contributed by atoms with Gasteiger partial charge in [-0.25, -0.2) is 4.98 Å². The highest BCUT2D eigenvalue weighted by Gasteiger charge is 2.22. The molecular formula is C16H19ClN2O2. The SMILES string of the molecule is CC(C)n1cncc1C(O)Cc1cc(Cl)cc2c1OCC2. The van der Waals surface area contributed by atoms with E-state index < -0.39 is 6.10 Å². The van der Waals surface area contributed by atoms with Crippen LogP contribution >= 0.6 is 11.6 Å². The number of hydrogen-bond donors (Lipinski definition) is 1. The van der Waals surface area contributed by atoms with Gasteiger partial charge in [0, 0.05) is 23.9 Å². The molecule has 0 spiro atoms. The van der Waals surface area contributed by atoms with Crippen LogP contribution < -0.4 is 4.74 Å². The summed E-state index contributed by atoms with van der Waals surface area (Å²) in [6.07, 6.45) is 4.20. The van der Waals surface area contributed by atoms with Gasteiger partial charge in [0.25, 0.3) is 0 Å². The number of benzene rings is 1. The van der Waals surface area contributed by atoms with Gasteiger partial charge in [-0.2, -0.15) is 0 Å². The van der Waals surface area contributed by atoms with E-state index in [0.717, 1.165) is 29.0 Å². The van der Waals surface area contributed by atoms with Gasteiger partial charge < -0.3 is 14.4 Å². The minimum atomic E-state index is -0.623. The highest BCUT2D eigenvalue weighted by atomic mass is 35.5. The van der Waals surface area contributed by atoms with Crippen LogP contribution in [0.25, 0.3) is 0 Å². The van der Waals surface area contributed by atoms with Crippen LogP contribution in [-0.2, 0) is 12.8 Å². The molecule has 4 nitrogen and oxygen atoms in total. The number of ether oxygens (including phenoxy) is 1. The highest BCUT2D eigenvalue weighted by Crippen LogP contribution is 2.35. The van der Waals surface area contributed by atoms with Gasteiger partial charge in [0.05, 0.1) is 30.9 Å². The monoisotopic (exact) mass is 306 g/mol. The zero-order chi connectivity index (χ0) is 15.0. The molecule has 3 rings (SSSR count). The van der Waals surface area contributed by atoms with Crippen LogP contribution in [0, 0.1) is 0 Å². The van der Waals surface area contributed by atoms with Crippen molar-refractivity contribution in [1.82, 2.24) is 9.55 Å². The number of hydrogen-bond acceptors (Lipinski definition) is 3. The lowest BCUT2D eigenvalue weighted by Crippen LogP contribution is -2.11. The number of aliphatic hydroxyl groups is 1. The molecule has 21 heavy (non-hydrogen) atoms. The second-order valence-electron chi connectivity index (χ2n) is 5.69. The molecule has 5 heteroatoms. The Morgan fingerprint density at radius 2 is 2.24 bits per heavy atom. The maximum atomic E-state index is 10.6. The molecule has 2 heterocycles. The lowest BCUT2D eigenvalue weighted by molar-refractivity contribution is 0.166. The predicted molar refractivity (Wildman–Crippen MR) is 81.9 cm³/mol. The summed E-state index contributed by atoms with van der Waals surface area (Å²) in [6, 6.07) is 4.09. The normalized spacial score (nSPS) is 15.1. The Balaban J connectivity index is 1.88. The smallest absolute Gasteiger partial charge is 0.126 e. The number of aliphatic hydroxyl groups excluding tert-OH is 1. The van der Waals surface area contributed by atoms with Crippen LogP contribution in [0.15, 0.2) is 24.7 Å². The van der Waals surface area contributed by atoms with E-state index in [-0.39, 0.29) is 6.04 Å². The quantitative estimate of drug-likeness (QED) is 0.942. The Labute approximate surface area is 129 Å². The van der Waals surface area contributed by atoms with Gasteiger partial charge in [-0.15, -0.1) is 0 Å². The van der Waals surface area contributed by atoms with Gasteiger partial charge in [-0.1, -0.05) is 11.6 Å². The Morgan fingerprint density at radius 1 is 1.43 bits per heavy atom. The van der Waals surface area contributed by atoms with Gasteiger partial charge in [-0.3, -0.25) is 0 Å². The fraction of sp³-hybridized carbons (Fsp3) is 0.438. The second kappa shape index (κ2) is 5.70. The van der Waals surface area contributed by atoms with Crippen LogP contribution in [0.4, 0.5) is 0 Å². The van der Waals surface area contributed by atoms with Gasteiger partial charge in [-0.05, 0) is 37.1 Å². The van der Waals surface area contributed by atoms with E-state index in [2.05, 4.69) is 18.8 Å². The van der Waals surface area contributed by atoms with Crippen molar-refractivity contribution < 1.29 is 9.84 Å². The summed E-state index contributed by atoms with van der Waals surface area (Å²) in [4.78, 5) is 4.14. The number of aromatic nitrogens is 2. The molecule has 0 amide bonds. The molecule has 0 saturated carbocycles. The average Bonchev–Trinajstić information content (AvgIpc) is 3.06. The van der Waals surface area contributed by atoms with Crippen LogP contribution in [0.1, 0.15) is 42.8 Å². The average molecular weight is 307 g/mol. The number of halogens is 1. The van der Waals surface area contributed by atoms with Crippen molar-refractivity contribution in [1.29, 1.82) is 0 Å². The van der Waals surface area contributed by atoms with Gasteiger partial charge >= 0.3 is 0 Å². The van der Waals surface area contributed by atoms with Crippen molar-refractivity contribution >= 4 is 11.6 Å². The molecule has 2 aromatic rings. The molecule has 1 atom stereocenters. The molecule has 1 aliphatic rings. The molecular weight excluding hydrogens is 288 g/mol. The molecule has 1 unspecified atom stereocenters. The third-order valence-corrected chi connectivity index (χ3v) is 4.05. The topological polar surface area (TPSA) is 47.3 Å². The van der Waals surface area contributed by atoms with Crippen molar-refractivity contribution in [3.63, 3.8) is 0 Å². The van der Waals surface area contributed by atoms with E-state index in [1.165, 1.54) is 0 Å². The number of nitrogens with zero attached hydrogens (tertiary/aromatic N) is 2. The minimum Gasteiger partial charge on any atom is -0.493 e. The van der Waals surface area contributed by atoms with E-state index in [1.54, 1.807) is 12.5 Å². The number of fused-ring (bicyclic) bond motifs is 1. The Bertz CT molecular complexity index is 652. The third-order valence-electron chi connectivity index (χ3n) is 3.83. The lowest BCUT2D eigenvalue weighted by Gasteiger charge is -2.17. The molecule has 0 radical (unpaired) electrons. The molecule has 0 saturated heterocycles. The third kappa shape index (κ3) is 2.78. The van der Waals surface area contributed by atoms with Crippen LogP contribution in [0.3, 0.4) is 0 Å². The Hall–Kier alpha value is -1.52. The molecule has 0 aliphatic carbocycles. The summed E-state index contributed by atoms with van der Waals surface area (Å²) in [6.45, 7) is 4.82. The summed E-state index contributed by atoms with van der Waals surface area (Å²) in [5.74, 6) is 0.883. The van der Waals surface area contributed by atoms with Crippen molar-refractivity contribution in [2.24, 2.45) is 0 Å². The standard InChI is InChI=1S/C16H19ClN2O2/c1-10(2)19-9-18-8-14(19)15(20)7-12-6-13(17)5-11-3-4-21-16(11)12/h5-6,8-10,15,20H,3-4,7H2,1-2H3. The van der Waals surface area contributed by atoms with Gasteiger partial charge in [0.2, 0.25) is 0 Å². The first-order valence-electron chi connectivity index (χ1n) is 7.20.